The molecule has 0 spiro atoms. The van der Waals surface area contributed by atoms with E-state index in [0.29, 0.717) is 6.20 Å². The molecule has 0 aromatic carbocycles. The van der Waals surface area contributed by atoms with Crippen LogP contribution in [0.5, 0.6) is 5.75 Å². The van der Waals surface area contributed by atoms with Crippen molar-refractivity contribution in [2.24, 2.45) is 0 Å². The van der Waals surface area contributed by atoms with Gasteiger partial charge in [0, 0.05) is 17.1 Å². The van der Waals surface area contributed by atoms with E-state index in [9.17, 15) is 31.1 Å². The van der Waals surface area contributed by atoms with Gasteiger partial charge in [0.2, 0.25) is 0 Å². The summed E-state index contributed by atoms with van der Waals surface area (Å²) in [6.07, 6.45) is -11.1. The molecule has 11 heteroatoms. The SMILES string of the molecule is O=C(O)Cc1cnc(CBr)c(C(F)(F)F)c1OC(F)(F)F. The van der Waals surface area contributed by atoms with Crippen LogP contribution in [0.4, 0.5) is 26.3 Å². The second kappa shape index (κ2) is 6.08. The summed E-state index contributed by atoms with van der Waals surface area (Å²) < 4.78 is 79.1. The number of nitrogens with zero attached hydrogens (tertiary/aromatic N) is 1. The molecule has 1 rings (SSSR count). The number of aliphatic carboxylic acids is 1. The summed E-state index contributed by atoms with van der Waals surface area (Å²) in [5, 5.41) is 8.07. The number of pyridine rings is 1. The van der Waals surface area contributed by atoms with E-state index in [-0.39, 0.29) is 0 Å². The summed E-state index contributed by atoms with van der Waals surface area (Å²) in [6.45, 7) is 0. The van der Waals surface area contributed by atoms with Gasteiger partial charge in [0.1, 0.15) is 11.3 Å². The van der Waals surface area contributed by atoms with E-state index in [4.69, 9.17) is 5.11 Å². The molecule has 0 aliphatic heterocycles. The van der Waals surface area contributed by atoms with Gasteiger partial charge in [-0.05, 0) is 0 Å². The Hall–Kier alpha value is -1.52. The molecule has 0 bridgehead atoms. The monoisotopic (exact) mass is 381 g/mol. The van der Waals surface area contributed by atoms with Crippen molar-refractivity contribution in [1.82, 2.24) is 4.98 Å². The van der Waals surface area contributed by atoms with E-state index < -0.39 is 52.8 Å². The Bertz CT molecular complexity index is 543. The molecule has 0 unspecified atom stereocenters. The van der Waals surface area contributed by atoms with Gasteiger partial charge in [0.15, 0.2) is 0 Å². The Labute approximate surface area is 121 Å². The van der Waals surface area contributed by atoms with E-state index in [1.165, 1.54) is 0 Å². The van der Waals surface area contributed by atoms with Crippen molar-refractivity contribution in [2.75, 3.05) is 0 Å². The molecule has 118 valence electrons. The van der Waals surface area contributed by atoms with E-state index in [1.807, 2.05) is 0 Å². The molecule has 0 atom stereocenters. The van der Waals surface area contributed by atoms with Crippen molar-refractivity contribution in [3.8, 4) is 5.75 Å². The summed E-state index contributed by atoms with van der Waals surface area (Å²) >= 11 is 2.67. The van der Waals surface area contributed by atoms with Gasteiger partial charge in [-0.15, -0.1) is 13.2 Å². The minimum atomic E-state index is -5.40. The second-order valence-electron chi connectivity index (χ2n) is 3.68. The smallest absolute Gasteiger partial charge is 0.481 e. The number of rotatable bonds is 4. The Kier molecular flexibility index (Phi) is 5.07. The van der Waals surface area contributed by atoms with E-state index >= 15 is 0 Å². The highest BCUT2D eigenvalue weighted by Gasteiger charge is 2.43. The molecule has 0 saturated heterocycles. The summed E-state index contributed by atoms with van der Waals surface area (Å²) in [4.78, 5) is 13.9. The first-order valence-corrected chi connectivity index (χ1v) is 6.19. The molecule has 21 heavy (non-hydrogen) atoms. The number of alkyl halides is 7. The minimum absolute atomic E-state index is 0.483. The second-order valence-corrected chi connectivity index (χ2v) is 4.24. The molecule has 1 N–H and O–H groups in total. The lowest BCUT2D eigenvalue weighted by atomic mass is 10.1. The van der Waals surface area contributed by atoms with Crippen LogP contribution in [0.2, 0.25) is 0 Å². The molecule has 1 aromatic rings. The third-order valence-corrected chi connectivity index (χ3v) is 2.68. The van der Waals surface area contributed by atoms with Crippen LogP contribution in [0.25, 0.3) is 0 Å². The molecular weight excluding hydrogens is 376 g/mol. The third kappa shape index (κ3) is 4.76. The zero-order valence-electron chi connectivity index (χ0n) is 9.85. The molecule has 0 fully saturated rings. The lowest BCUT2D eigenvalue weighted by Crippen LogP contribution is -2.23. The Balaban J connectivity index is 3.58. The van der Waals surface area contributed by atoms with Gasteiger partial charge in [-0.1, -0.05) is 15.9 Å². The van der Waals surface area contributed by atoms with Gasteiger partial charge in [-0.2, -0.15) is 13.2 Å². The van der Waals surface area contributed by atoms with Gasteiger partial charge in [0.05, 0.1) is 12.1 Å². The Morgan fingerprint density at radius 3 is 2.24 bits per heavy atom. The van der Waals surface area contributed by atoms with Gasteiger partial charge >= 0.3 is 18.5 Å². The fourth-order valence-corrected chi connectivity index (χ4v) is 1.91. The largest absolute Gasteiger partial charge is 0.573 e. The topological polar surface area (TPSA) is 59.4 Å². The first-order chi connectivity index (χ1) is 9.45. The van der Waals surface area contributed by atoms with Crippen molar-refractivity contribution < 1.29 is 41.0 Å². The third-order valence-electron chi connectivity index (χ3n) is 2.15. The number of halogens is 7. The predicted octanol–water partition coefficient (Wildman–Crippen LogP) is 3.52. The highest BCUT2D eigenvalue weighted by molar-refractivity contribution is 9.08. The molecule has 0 aliphatic rings. The Morgan fingerprint density at radius 2 is 1.86 bits per heavy atom. The lowest BCUT2D eigenvalue weighted by molar-refractivity contribution is -0.276. The number of ether oxygens (including phenoxy) is 1. The molecule has 4 nitrogen and oxygen atoms in total. The number of hydrogen-bond donors (Lipinski definition) is 1. The number of hydrogen-bond acceptors (Lipinski definition) is 3. The summed E-state index contributed by atoms with van der Waals surface area (Å²) in [5.41, 5.74) is -3.32. The first kappa shape index (κ1) is 17.5. The van der Waals surface area contributed by atoms with Crippen molar-refractivity contribution in [2.45, 2.75) is 24.3 Å². The molecule has 0 saturated carbocycles. The van der Waals surface area contributed by atoms with Crippen LogP contribution in [-0.4, -0.2) is 22.4 Å². The molecule has 0 radical (unpaired) electrons. The minimum Gasteiger partial charge on any atom is -0.481 e. The van der Waals surface area contributed by atoms with Gasteiger partial charge in [-0.25, -0.2) is 0 Å². The zero-order chi connectivity index (χ0) is 16.4. The Morgan fingerprint density at radius 1 is 1.29 bits per heavy atom. The normalized spacial score (nSPS) is 12.3. The molecular formula is C10H6BrF6NO3. The lowest BCUT2D eigenvalue weighted by Gasteiger charge is -2.19. The van der Waals surface area contributed by atoms with Gasteiger partial charge < -0.3 is 9.84 Å². The number of carboxylic acids is 1. The highest BCUT2D eigenvalue weighted by Crippen LogP contribution is 2.42. The fourth-order valence-electron chi connectivity index (χ4n) is 1.49. The maximum absolute atomic E-state index is 12.9. The maximum Gasteiger partial charge on any atom is 0.573 e. The number of carboxylic acid groups (broad SMARTS) is 1. The van der Waals surface area contributed by atoms with E-state index in [1.54, 1.807) is 0 Å². The van der Waals surface area contributed by atoms with Crippen LogP contribution >= 0.6 is 15.9 Å². The summed E-state index contributed by atoms with van der Waals surface area (Å²) in [5.74, 6) is -3.22. The van der Waals surface area contributed by atoms with Crippen LogP contribution in [-0.2, 0) is 22.7 Å². The fraction of sp³-hybridized carbons (Fsp3) is 0.400. The van der Waals surface area contributed by atoms with Crippen molar-refractivity contribution in [1.29, 1.82) is 0 Å². The van der Waals surface area contributed by atoms with Crippen LogP contribution < -0.4 is 4.74 Å². The molecule has 1 heterocycles. The standard InChI is InChI=1S/C10H6BrF6NO3/c11-2-5-7(9(12,13)14)8(21-10(15,16)17)4(3-18-5)1-6(19)20/h3H,1-2H2,(H,19,20). The average molecular weight is 382 g/mol. The first-order valence-electron chi connectivity index (χ1n) is 5.07. The predicted molar refractivity (Wildman–Crippen MR) is 59.9 cm³/mol. The van der Waals surface area contributed by atoms with Crippen LogP contribution in [0.15, 0.2) is 6.20 Å². The van der Waals surface area contributed by atoms with E-state index in [0.717, 1.165) is 0 Å². The van der Waals surface area contributed by atoms with Crippen molar-refractivity contribution >= 4 is 21.9 Å². The average Bonchev–Trinajstić information content (AvgIpc) is 2.26. The van der Waals surface area contributed by atoms with E-state index in [2.05, 4.69) is 25.7 Å². The van der Waals surface area contributed by atoms with Crippen molar-refractivity contribution in [3.63, 3.8) is 0 Å². The van der Waals surface area contributed by atoms with Gasteiger partial charge in [-0.3, -0.25) is 9.78 Å². The quantitative estimate of drug-likeness (QED) is 0.640. The summed E-state index contributed by atoms with van der Waals surface area (Å²) in [6, 6.07) is 0. The number of aromatic nitrogens is 1. The van der Waals surface area contributed by atoms with Crippen LogP contribution in [0.1, 0.15) is 16.8 Å². The van der Waals surface area contributed by atoms with Crippen LogP contribution in [0.3, 0.4) is 0 Å². The van der Waals surface area contributed by atoms with Crippen LogP contribution in [0, 0.1) is 0 Å². The highest BCUT2D eigenvalue weighted by atomic mass is 79.9. The summed E-state index contributed by atoms with van der Waals surface area (Å²) in [7, 11) is 0. The molecule has 0 aliphatic carbocycles. The molecule has 0 amide bonds. The number of carbonyl (C=O) groups is 1. The zero-order valence-corrected chi connectivity index (χ0v) is 11.4. The van der Waals surface area contributed by atoms with Crippen molar-refractivity contribution in [3.05, 3.63) is 23.0 Å². The van der Waals surface area contributed by atoms with Gasteiger partial charge in [0.25, 0.3) is 0 Å². The molecule has 1 aromatic heterocycles. The maximum atomic E-state index is 12.9.